The predicted octanol–water partition coefficient (Wildman–Crippen LogP) is 1.53. The van der Waals surface area contributed by atoms with Crippen molar-refractivity contribution in [2.75, 3.05) is 25.0 Å². The van der Waals surface area contributed by atoms with Crippen LogP contribution in [0.5, 0.6) is 0 Å². The van der Waals surface area contributed by atoms with E-state index < -0.39 is 0 Å². The van der Waals surface area contributed by atoms with Gasteiger partial charge in [0.1, 0.15) is 12.4 Å². The smallest absolute Gasteiger partial charge is 0.317 e. The van der Waals surface area contributed by atoms with Crippen molar-refractivity contribution >= 4 is 17.8 Å². The Morgan fingerprint density at radius 1 is 1.35 bits per heavy atom. The van der Waals surface area contributed by atoms with E-state index in [1.54, 1.807) is 16.9 Å². The van der Waals surface area contributed by atoms with Crippen LogP contribution in [0.2, 0.25) is 0 Å². The predicted molar refractivity (Wildman–Crippen MR) is 86.5 cm³/mol. The lowest BCUT2D eigenvalue weighted by atomic mass is 10.2. The number of amides is 3. The van der Waals surface area contributed by atoms with Gasteiger partial charge < -0.3 is 15.5 Å². The summed E-state index contributed by atoms with van der Waals surface area (Å²) in [6.07, 6.45) is 2.48. The molecule has 0 bridgehead atoms. The Morgan fingerprint density at radius 2 is 2.17 bits per heavy atom. The molecule has 1 aliphatic rings. The van der Waals surface area contributed by atoms with Crippen LogP contribution in [-0.4, -0.2) is 46.3 Å². The molecule has 23 heavy (non-hydrogen) atoms. The Morgan fingerprint density at radius 3 is 2.96 bits per heavy atom. The molecule has 2 N–H and O–H groups in total. The van der Waals surface area contributed by atoms with Crippen molar-refractivity contribution in [2.45, 2.75) is 13.3 Å². The van der Waals surface area contributed by atoms with Gasteiger partial charge in [0.2, 0.25) is 5.91 Å². The molecular weight excluding hydrogens is 294 g/mol. The zero-order chi connectivity index (χ0) is 16.2. The van der Waals surface area contributed by atoms with E-state index in [1.807, 2.05) is 31.2 Å². The molecule has 0 saturated carbocycles. The Bertz CT molecular complexity index is 725. The van der Waals surface area contributed by atoms with E-state index in [9.17, 15) is 9.59 Å². The third kappa shape index (κ3) is 3.33. The number of benzene rings is 1. The van der Waals surface area contributed by atoms with Crippen molar-refractivity contribution < 1.29 is 9.59 Å². The van der Waals surface area contributed by atoms with Crippen LogP contribution in [0.15, 0.2) is 36.5 Å². The summed E-state index contributed by atoms with van der Waals surface area (Å²) in [6, 6.07) is 9.35. The van der Waals surface area contributed by atoms with E-state index >= 15 is 0 Å². The number of para-hydroxylation sites is 1. The number of carbonyl (C=O) groups excluding carboxylic acids is 2. The molecular formula is C16H19N5O2. The number of hydrogen-bond donors (Lipinski definition) is 2. The molecule has 3 rings (SSSR count). The molecule has 1 fully saturated rings. The number of hydrogen-bond acceptors (Lipinski definition) is 3. The van der Waals surface area contributed by atoms with Crippen molar-refractivity contribution in [2.24, 2.45) is 0 Å². The van der Waals surface area contributed by atoms with E-state index in [0.717, 1.165) is 17.7 Å². The second kappa shape index (κ2) is 6.51. The van der Waals surface area contributed by atoms with Gasteiger partial charge in [-0.1, -0.05) is 18.2 Å². The van der Waals surface area contributed by atoms with Gasteiger partial charge in [0, 0.05) is 19.2 Å². The molecule has 1 aromatic heterocycles. The summed E-state index contributed by atoms with van der Waals surface area (Å²) < 4.78 is 1.68. The first kappa shape index (κ1) is 15.1. The maximum absolute atomic E-state index is 12.2. The summed E-state index contributed by atoms with van der Waals surface area (Å²) in [6.45, 7) is 3.28. The average molecular weight is 313 g/mol. The molecule has 1 aromatic carbocycles. The van der Waals surface area contributed by atoms with E-state index in [0.29, 0.717) is 18.9 Å². The SMILES string of the molecule is Cc1ccccc1-n1nccc1NC(=O)CN1CCCNC1=O. The van der Waals surface area contributed by atoms with Crippen molar-refractivity contribution in [3.63, 3.8) is 0 Å². The van der Waals surface area contributed by atoms with Crippen LogP contribution < -0.4 is 10.6 Å². The molecule has 0 unspecified atom stereocenters. The van der Waals surface area contributed by atoms with E-state index in [4.69, 9.17) is 0 Å². The van der Waals surface area contributed by atoms with Crippen molar-refractivity contribution in [1.29, 1.82) is 0 Å². The lowest BCUT2D eigenvalue weighted by Gasteiger charge is -2.26. The van der Waals surface area contributed by atoms with Gasteiger partial charge in [-0.15, -0.1) is 0 Å². The molecule has 0 atom stereocenters. The number of urea groups is 1. The number of nitrogens with zero attached hydrogens (tertiary/aromatic N) is 3. The van der Waals surface area contributed by atoms with Crippen molar-refractivity contribution in [3.05, 3.63) is 42.1 Å². The van der Waals surface area contributed by atoms with Gasteiger partial charge in [-0.05, 0) is 25.0 Å². The minimum atomic E-state index is -0.239. The molecule has 0 spiro atoms. The van der Waals surface area contributed by atoms with Gasteiger partial charge in [-0.3, -0.25) is 4.79 Å². The first-order chi connectivity index (χ1) is 11.1. The Labute approximate surface area is 134 Å². The van der Waals surface area contributed by atoms with Gasteiger partial charge in [-0.25, -0.2) is 9.48 Å². The van der Waals surface area contributed by atoms with E-state index in [1.165, 1.54) is 4.90 Å². The second-order valence-electron chi connectivity index (χ2n) is 5.47. The van der Waals surface area contributed by atoms with Gasteiger partial charge in [0.25, 0.3) is 0 Å². The lowest BCUT2D eigenvalue weighted by Crippen LogP contribution is -2.49. The third-order valence-corrected chi connectivity index (χ3v) is 3.76. The quantitative estimate of drug-likeness (QED) is 0.898. The Hall–Kier alpha value is -2.83. The van der Waals surface area contributed by atoms with Crippen LogP contribution in [0.3, 0.4) is 0 Å². The maximum atomic E-state index is 12.2. The van der Waals surface area contributed by atoms with Crippen LogP contribution in [0.4, 0.5) is 10.6 Å². The number of aromatic nitrogens is 2. The minimum Gasteiger partial charge on any atom is -0.338 e. The summed E-state index contributed by atoms with van der Waals surface area (Å²) in [5, 5.41) is 9.83. The summed E-state index contributed by atoms with van der Waals surface area (Å²) in [5.41, 5.74) is 1.96. The topological polar surface area (TPSA) is 79.3 Å². The van der Waals surface area contributed by atoms with Crippen molar-refractivity contribution in [3.8, 4) is 5.69 Å². The summed E-state index contributed by atoms with van der Waals surface area (Å²) in [5.74, 6) is 0.346. The highest BCUT2D eigenvalue weighted by Crippen LogP contribution is 2.18. The van der Waals surface area contributed by atoms with E-state index in [-0.39, 0.29) is 18.5 Å². The molecule has 7 nitrogen and oxygen atoms in total. The molecule has 1 aliphatic heterocycles. The fraction of sp³-hybridized carbons (Fsp3) is 0.312. The fourth-order valence-electron chi connectivity index (χ4n) is 2.58. The number of nitrogens with one attached hydrogen (secondary N) is 2. The monoisotopic (exact) mass is 313 g/mol. The summed E-state index contributed by atoms with van der Waals surface area (Å²) >= 11 is 0. The number of rotatable bonds is 4. The van der Waals surface area contributed by atoms with Gasteiger partial charge >= 0.3 is 6.03 Å². The molecule has 0 radical (unpaired) electrons. The van der Waals surface area contributed by atoms with Gasteiger partial charge in [0.05, 0.1) is 11.9 Å². The van der Waals surface area contributed by atoms with Crippen LogP contribution in [0.1, 0.15) is 12.0 Å². The molecule has 0 aliphatic carbocycles. The second-order valence-corrected chi connectivity index (χ2v) is 5.47. The molecule has 3 amide bonds. The molecule has 2 heterocycles. The lowest BCUT2D eigenvalue weighted by molar-refractivity contribution is -0.116. The van der Waals surface area contributed by atoms with Gasteiger partial charge in [-0.2, -0.15) is 5.10 Å². The summed E-state index contributed by atoms with van der Waals surface area (Å²) in [4.78, 5) is 25.4. The van der Waals surface area contributed by atoms with Gasteiger partial charge in [0.15, 0.2) is 0 Å². The summed E-state index contributed by atoms with van der Waals surface area (Å²) in [7, 11) is 0. The highest BCUT2D eigenvalue weighted by molar-refractivity contribution is 5.94. The minimum absolute atomic E-state index is 0.0325. The highest BCUT2D eigenvalue weighted by Gasteiger charge is 2.20. The average Bonchev–Trinajstić information content (AvgIpc) is 2.98. The molecule has 1 saturated heterocycles. The largest absolute Gasteiger partial charge is 0.338 e. The molecule has 120 valence electrons. The number of carbonyl (C=O) groups is 2. The fourth-order valence-corrected chi connectivity index (χ4v) is 2.58. The van der Waals surface area contributed by atoms with Crippen LogP contribution in [-0.2, 0) is 4.79 Å². The Balaban J connectivity index is 1.72. The first-order valence-corrected chi connectivity index (χ1v) is 7.58. The Kier molecular flexibility index (Phi) is 4.27. The number of aryl methyl sites for hydroxylation is 1. The normalized spacial score (nSPS) is 14.5. The molecule has 2 aromatic rings. The first-order valence-electron chi connectivity index (χ1n) is 7.58. The zero-order valence-corrected chi connectivity index (χ0v) is 13.0. The van der Waals surface area contributed by atoms with Crippen LogP contribution in [0.25, 0.3) is 5.69 Å². The van der Waals surface area contributed by atoms with E-state index in [2.05, 4.69) is 15.7 Å². The third-order valence-electron chi connectivity index (χ3n) is 3.76. The maximum Gasteiger partial charge on any atom is 0.317 e. The highest BCUT2D eigenvalue weighted by atomic mass is 16.2. The molecule has 7 heteroatoms. The number of anilines is 1. The van der Waals surface area contributed by atoms with Crippen molar-refractivity contribution in [1.82, 2.24) is 20.0 Å². The van der Waals surface area contributed by atoms with Crippen LogP contribution in [0, 0.1) is 6.92 Å². The zero-order valence-electron chi connectivity index (χ0n) is 13.0. The van der Waals surface area contributed by atoms with Crippen LogP contribution >= 0.6 is 0 Å². The standard InChI is InChI=1S/C16H19N5O2/c1-12-5-2-3-6-13(12)21-14(7-9-18-21)19-15(22)11-20-10-4-8-17-16(20)23/h2-3,5-7,9H,4,8,10-11H2,1H3,(H,17,23)(H,19,22).